The lowest BCUT2D eigenvalue weighted by atomic mass is 10.1. The second-order valence-electron chi connectivity index (χ2n) is 4.41. The Morgan fingerprint density at radius 3 is 2.57 bits per heavy atom. The fourth-order valence-electron chi connectivity index (χ4n) is 1.80. The molecule has 21 heavy (non-hydrogen) atoms. The quantitative estimate of drug-likeness (QED) is 0.864. The monoisotopic (exact) mass is 302 g/mol. The molecule has 0 radical (unpaired) electrons. The van der Waals surface area contributed by atoms with Gasteiger partial charge < -0.3 is 5.32 Å². The summed E-state index contributed by atoms with van der Waals surface area (Å²) >= 11 is 0. The normalized spacial score (nSPS) is 10.9. The van der Waals surface area contributed by atoms with Gasteiger partial charge in [0.25, 0.3) is 0 Å². The third kappa shape index (κ3) is 4.27. The Kier molecular flexibility index (Phi) is 4.52. The van der Waals surface area contributed by atoms with Gasteiger partial charge in [-0.25, -0.2) is 18.5 Å². The molecule has 3 N–H and O–H groups in total. The van der Waals surface area contributed by atoms with Crippen molar-refractivity contribution >= 4 is 15.7 Å². The Balaban J connectivity index is 1.93. The van der Waals surface area contributed by atoms with Crippen molar-refractivity contribution in [1.29, 1.82) is 5.26 Å². The van der Waals surface area contributed by atoms with Crippen LogP contribution in [0.5, 0.6) is 0 Å². The third-order valence-electron chi connectivity index (χ3n) is 2.87. The van der Waals surface area contributed by atoms with E-state index in [9.17, 15) is 8.42 Å². The topological polar surface area (TPSA) is 109 Å². The Bertz CT molecular complexity index is 764. The lowest BCUT2D eigenvalue weighted by molar-refractivity contribution is 0.598. The van der Waals surface area contributed by atoms with Crippen LogP contribution in [0.1, 0.15) is 11.3 Å². The molecule has 6 nitrogen and oxygen atoms in total. The van der Waals surface area contributed by atoms with Crippen LogP contribution in [0.3, 0.4) is 0 Å². The van der Waals surface area contributed by atoms with Gasteiger partial charge in [0, 0.05) is 18.4 Å². The first-order valence-electron chi connectivity index (χ1n) is 6.21. The number of pyridine rings is 1. The SMILES string of the molecule is N#Cc1cc(NCCc2ccc(S(N)(=O)=O)cc2)ccn1. The zero-order valence-electron chi connectivity index (χ0n) is 11.2. The first kappa shape index (κ1) is 15.0. The van der Waals surface area contributed by atoms with Gasteiger partial charge >= 0.3 is 0 Å². The van der Waals surface area contributed by atoms with Gasteiger partial charge in [-0.1, -0.05) is 12.1 Å². The van der Waals surface area contributed by atoms with E-state index in [1.807, 2.05) is 6.07 Å². The molecule has 7 heteroatoms. The lowest BCUT2D eigenvalue weighted by Gasteiger charge is -2.07. The van der Waals surface area contributed by atoms with E-state index >= 15 is 0 Å². The molecule has 0 aliphatic carbocycles. The lowest BCUT2D eigenvalue weighted by Crippen LogP contribution is -2.12. The number of sulfonamides is 1. The van der Waals surface area contributed by atoms with E-state index in [0.717, 1.165) is 17.7 Å². The van der Waals surface area contributed by atoms with E-state index < -0.39 is 10.0 Å². The number of nitrogens with zero attached hydrogens (tertiary/aromatic N) is 2. The van der Waals surface area contributed by atoms with Crippen LogP contribution in [0.15, 0.2) is 47.5 Å². The number of nitrogens with one attached hydrogen (secondary N) is 1. The molecule has 0 unspecified atom stereocenters. The van der Waals surface area contributed by atoms with Gasteiger partial charge in [-0.05, 0) is 36.2 Å². The predicted octanol–water partition coefficient (Wildman–Crippen LogP) is 1.26. The van der Waals surface area contributed by atoms with Crippen LogP contribution in [0.4, 0.5) is 5.69 Å². The van der Waals surface area contributed by atoms with Crippen molar-refractivity contribution in [2.45, 2.75) is 11.3 Å². The molecule has 1 aromatic heterocycles. The van der Waals surface area contributed by atoms with Gasteiger partial charge in [0.15, 0.2) is 0 Å². The molecule has 0 saturated carbocycles. The second-order valence-corrected chi connectivity index (χ2v) is 5.97. The molecule has 0 saturated heterocycles. The van der Waals surface area contributed by atoms with Crippen molar-refractivity contribution in [2.24, 2.45) is 5.14 Å². The molecule has 0 aliphatic rings. The van der Waals surface area contributed by atoms with E-state index in [1.54, 1.807) is 30.5 Å². The standard InChI is InChI=1S/C14H14N4O2S/c15-10-13-9-12(6-8-18-13)17-7-5-11-1-3-14(4-2-11)21(16,19)20/h1-4,6,8-9H,5,7H2,(H,17,18)(H2,16,19,20). The molecule has 2 aromatic rings. The molecular formula is C14H14N4O2S. The van der Waals surface area contributed by atoms with Crippen LogP contribution < -0.4 is 10.5 Å². The summed E-state index contributed by atoms with van der Waals surface area (Å²) in [6.07, 6.45) is 2.29. The van der Waals surface area contributed by atoms with Gasteiger partial charge in [0.05, 0.1) is 4.90 Å². The fraction of sp³-hybridized carbons (Fsp3) is 0.143. The summed E-state index contributed by atoms with van der Waals surface area (Å²) in [5.41, 5.74) is 2.17. The van der Waals surface area contributed by atoms with E-state index in [1.165, 1.54) is 12.1 Å². The molecule has 1 heterocycles. The number of anilines is 1. The van der Waals surface area contributed by atoms with Gasteiger partial charge in [0.2, 0.25) is 10.0 Å². The number of benzene rings is 1. The predicted molar refractivity (Wildman–Crippen MR) is 79.0 cm³/mol. The number of hydrogen-bond donors (Lipinski definition) is 2. The number of aromatic nitrogens is 1. The highest BCUT2D eigenvalue weighted by atomic mass is 32.2. The van der Waals surface area contributed by atoms with Crippen molar-refractivity contribution in [3.8, 4) is 6.07 Å². The molecule has 0 atom stereocenters. The minimum Gasteiger partial charge on any atom is -0.385 e. The van der Waals surface area contributed by atoms with E-state index in [2.05, 4.69) is 10.3 Å². The van der Waals surface area contributed by atoms with E-state index in [4.69, 9.17) is 10.4 Å². The molecule has 2 rings (SSSR count). The van der Waals surface area contributed by atoms with E-state index in [-0.39, 0.29) is 4.90 Å². The Labute approximate surface area is 123 Å². The van der Waals surface area contributed by atoms with Gasteiger partial charge in [-0.3, -0.25) is 0 Å². The molecule has 1 aromatic carbocycles. The van der Waals surface area contributed by atoms with Gasteiger partial charge in [0.1, 0.15) is 11.8 Å². The van der Waals surface area contributed by atoms with Crippen molar-refractivity contribution in [2.75, 3.05) is 11.9 Å². The maximum absolute atomic E-state index is 11.1. The summed E-state index contributed by atoms with van der Waals surface area (Å²) in [4.78, 5) is 3.99. The molecule has 0 aliphatic heterocycles. The number of nitrogens with two attached hydrogens (primary N) is 1. The average Bonchev–Trinajstić information content (AvgIpc) is 2.47. The zero-order chi connectivity index (χ0) is 15.3. The van der Waals surface area contributed by atoms with Gasteiger partial charge in [-0.15, -0.1) is 0 Å². The van der Waals surface area contributed by atoms with Crippen molar-refractivity contribution in [3.05, 3.63) is 53.9 Å². The zero-order valence-corrected chi connectivity index (χ0v) is 12.0. The molecule has 0 bridgehead atoms. The first-order valence-corrected chi connectivity index (χ1v) is 7.75. The maximum atomic E-state index is 11.1. The smallest absolute Gasteiger partial charge is 0.238 e. The van der Waals surface area contributed by atoms with Gasteiger partial charge in [-0.2, -0.15) is 5.26 Å². The average molecular weight is 302 g/mol. The van der Waals surface area contributed by atoms with Crippen LogP contribution in [0.2, 0.25) is 0 Å². The van der Waals surface area contributed by atoms with Crippen LogP contribution in [-0.2, 0) is 16.4 Å². The van der Waals surface area contributed by atoms with Crippen LogP contribution in [0.25, 0.3) is 0 Å². The number of rotatable bonds is 5. The minimum absolute atomic E-state index is 0.104. The summed E-state index contributed by atoms with van der Waals surface area (Å²) in [5, 5.41) is 17.0. The van der Waals surface area contributed by atoms with Crippen LogP contribution >= 0.6 is 0 Å². The summed E-state index contributed by atoms with van der Waals surface area (Å²) in [6, 6.07) is 11.9. The summed E-state index contributed by atoms with van der Waals surface area (Å²) in [5.74, 6) is 0. The summed E-state index contributed by atoms with van der Waals surface area (Å²) in [7, 11) is -3.64. The Morgan fingerprint density at radius 2 is 1.95 bits per heavy atom. The molecule has 0 fully saturated rings. The summed E-state index contributed by atoms with van der Waals surface area (Å²) < 4.78 is 22.3. The van der Waals surface area contributed by atoms with Crippen molar-refractivity contribution in [1.82, 2.24) is 4.98 Å². The Hall–Kier alpha value is -2.43. The fourth-order valence-corrected chi connectivity index (χ4v) is 2.31. The van der Waals surface area contributed by atoms with Crippen molar-refractivity contribution in [3.63, 3.8) is 0 Å². The van der Waals surface area contributed by atoms with Crippen LogP contribution in [0, 0.1) is 11.3 Å². The number of primary sulfonamides is 1. The highest BCUT2D eigenvalue weighted by molar-refractivity contribution is 7.89. The third-order valence-corrected chi connectivity index (χ3v) is 3.80. The number of nitriles is 1. The van der Waals surface area contributed by atoms with E-state index in [0.29, 0.717) is 12.2 Å². The molecule has 108 valence electrons. The number of hydrogen-bond acceptors (Lipinski definition) is 5. The largest absolute Gasteiger partial charge is 0.385 e. The highest BCUT2D eigenvalue weighted by Crippen LogP contribution is 2.11. The highest BCUT2D eigenvalue weighted by Gasteiger charge is 2.06. The first-order chi connectivity index (χ1) is 9.99. The second kappa shape index (κ2) is 6.35. The minimum atomic E-state index is -3.64. The molecule has 0 amide bonds. The van der Waals surface area contributed by atoms with Crippen LogP contribution in [-0.4, -0.2) is 19.9 Å². The van der Waals surface area contributed by atoms with Crippen molar-refractivity contribution < 1.29 is 8.42 Å². The molecular weight excluding hydrogens is 288 g/mol. The molecule has 0 spiro atoms. The Morgan fingerprint density at radius 1 is 1.24 bits per heavy atom. The maximum Gasteiger partial charge on any atom is 0.238 e. The summed E-state index contributed by atoms with van der Waals surface area (Å²) in [6.45, 7) is 0.656.